The van der Waals surface area contributed by atoms with Crippen molar-refractivity contribution in [3.05, 3.63) is 22.2 Å². The van der Waals surface area contributed by atoms with Gasteiger partial charge in [-0.1, -0.05) is 15.9 Å². The van der Waals surface area contributed by atoms with Crippen LogP contribution >= 0.6 is 15.9 Å². The van der Waals surface area contributed by atoms with Gasteiger partial charge in [0.15, 0.2) is 0 Å². The molecule has 1 aromatic carbocycles. The van der Waals surface area contributed by atoms with E-state index in [1.807, 2.05) is 6.07 Å². The van der Waals surface area contributed by atoms with Crippen molar-refractivity contribution in [3.8, 4) is 11.8 Å². The summed E-state index contributed by atoms with van der Waals surface area (Å²) in [6.07, 6.45) is 1.87. The summed E-state index contributed by atoms with van der Waals surface area (Å²) in [6.45, 7) is 2.11. The summed E-state index contributed by atoms with van der Waals surface area (Å²) in [4.78, 5) is -0.0281. The Labute approximate surface area is 121 Å². The summed E-state index contributed by atoms with van der Waals surface area (Å²) in [5.41, 5.74) is 0.693. The molecule has 0 radical (unpaired) electrons. The van der Waals surface area contributed by atoms with Crippen LogP contribution in [0.2, 0.25) is 0 Å². The van der Waals surface area contributed by atoms with E-state index in [4.69, 9.17) is 15.1 Å². The van der Waals surface area contributed by atoms with Crippen LogP contribution in [-0.4, -0.2) is 15.0 Å². The van der Waals surface area contributed by atoms with E-state index in [2.05, 4.69) is 15.9 Å². The van der Waals surface area contributed by atoms with Gasteiger partial charge in [0.1, 0.15) is 10.6 Å². The first-order chi connectivity index (χ1) is 8.86. The first-order valence-corrected chi connectivity index (χ1v) is 8.03. The predicted octanol–water partition coefficient (Wildman–Crippen LogP) is 2.48. The fraction of sp³-hybridized carbons (Fsp3) is 0.417. The average molecular weight is 347 g/mol. The number of unbranched alkanes of at least 4 members (excludes halogenated alkanes) is 2. The first-order valence-electron chi connectivity index (χ1n) is 5.69. The molecular formula is C12H15BrN2O3S. The van der Waals surface area contributed by atoms with Crippen LogP contribution < -0.4 is 9.88 Å². The van der Waals surface area contributed by atoms with Crippen LogP contribution in [0.25, 0.3) is 0 Å². The zero-order valence-corrected chi connectivity index (χ0v) is 12.9. The smallest absolute Gasteiger partial charge is 0.241 e. The van der Waals surface area contributed by atoms with E-state index in [1.54, 1.807) is 13.0 Å². The summed E-state index contributed by atoms with van der Waals surface area (Å²) in [5, 5.41) is 13.6. The number of nitriles is 1. The lowest BCUT2D eigenvalue weighted by Gasteiger charge is -2.13. The number of primary sulfonamides is 1. The highest BCUT2D eigenvalue weighted by molar-refractivity contribution is 9.10. The number of sulfonamides is 1. The quantitative estimate of drug-likeness (QED) is 0.800. The van der Waals surface area contributed by atoms with Crippen molar-refractivity contribution in [3.63, 3.8) is 0 Å². The Kier molecular flexibility index (Phi) is 5.79. The van der Waals surface area contributed by atoms with Gasteiger partial charge in [-0.3, -0.25) is 0 Å². The number of nitrogens with two attached hydrogens (primary N) is 1. The monoisotopic (exact) mass is 346 g/mol. The summed E-state index contributed by atoms with van der Waals surface area (Å²) in [7, 11) is -3.83. The summed E-state index contributed by atoms with van der Waals surface area (Å²) >= 11 is 3.23. The second kappa shape index (κ2) is 6.89. The molecule has 0 saturated heterocycles. The van der Waals surface area contributed by atoms with Gasteiger partial charge in [-0.25, -0.2) is 13.6 Å². The zero-order valence-electron chi connectivity index (χ0n) is 10.5. The molecule has 0 unspecified atom stereocenters. The number of aryl methyl sites for hydroxylation is 1. The highest BCUT2D eigenvalue weighted by Gasteiger charge is 2.18. The third kappa shape index (κ3) is 4.82. The number of ether oxygens (including phenoxy) is 1. The second-order valence-electron chi connectivity index (χ2n) is 4.06. The predicted molar refractivity (Wildman–Crippen MR) is 75.2 cm³/mol. The Bertz CT molecular complexity index is 594. The van der Waals surface area contributed by atoms with Crippen LogP contribution in [0.15, 0.2) is 21.5 Å². The third-order valence-corrected chi connectivity index (χ3v) is 3.82. The van der Waals surface area contributed by atoms with Gasteiger partial charge in [0.25, 0.3) is 0 Å². The van der Waals surface area contributed by atoms with Crippen LogP contribution in [-0.2, 0) is 10.0 Å². The van der Waals surface area contributed by atoms with Crippen molar-refractivity contribution in [2.75, 3.05) is 6.61 Å². The average Bonchev–Trinajstić information content (AvgIpc) is 2.29. The molecule has 1 rings (SSSR count). The maximum absolute atomic E-state index is 11.5. The summed E-state index contributed by atoms with van der Waals surface area (Å²) in [5.74, 6) is 0.280. The normalized spacial score (nSPS) is 11.1. The minimum Gasteiger partial charge on any atom is -0.492 e. The SMILES string of the molecule is Cc1cc(Br)cc(S(N)(=O)=O)c1OCCCCC#N. The third-order valence-electron chi connectivity index (χ3n) is 2.44. The zero-order chi connectivity index (χ0) is 14.5. The van der Waals surface area contributed by atoms with Crippen LogP contribution in [0.4, 0.5) is 0 Å². The van der Waals surface area contributed by atoms with Crippen LogP contribution in [0.5, 0.6) is 5.75 Å². The van der Waals surface area contributed by atoms with Gasteiger partial charge in [0, 0.05) is 10.9 Å². The van der Waals surface area contributed by atoms with Gasteiger partial charge < -0.3 is 4.74 Å². The fourth-order valence-electron chi connectivity index (χ4n) is 1.58. The Morgan fingerprint density at radius 2 is 2.11 bits per heavy atom. The molecule has 19 heavy (non-hydrogen) atoms. The summed E-state index contributed by atoms with van der Waals surface area (Å²) < 4.78 is 29.2. The largest absolute Gasteiger partial charge is 0.492 e. The fourth-order valence-corrected chi connectivity index (χ4v) is 3.07. The van der Waals surface area contributed by atoms with Crippen molar-refractivity contribution in [1.82, 2.24) is 0 Å². The Morgan fingerprint density at radius 3 is 2.68 bits per heavy atom. The molecular weight excluding hydrogens is 332 g/mol. The van der Waals surface area contributed by atoms with Crippen LogP contribution in [0.1, 0.15) is 24.8 Å². The lowest BCUT2D eigenvalue weighted by atomic mass is 10.2. The number of benzene rings is 1. The number of hydrogen-bond donors (Lipinski definition) is 1. The molecule has 104 valence electrons. The van der Waals surface area contributed by atoms with E-state index in [1.165, 1.54) is 6.07 Å². The molecule has 0 aliphatic rings. The number of nitrogens with zero attached hydrogens (tertiary/aromatic N) is 1. The van der Waals surface area contributed by atoms with Gasteiger partial charge in [0.2, 0.25) is 10.0 Å². The van der Waals surface area contributed by atoms with Crippen molar-refractivity contribution in [2.45, 2.75) is 31.1 Å². The summed E-state index contributed by atoms with van der Waals surface area (Å²) in [6, 6.07) is 5.23. The molecule has 0 aliphatic carbocycles. The van der Waals surface area contributed by atoms with E-state index in [9.17, 15) is 8.42 Å². The van der Waals surface area contributed by atoms with E-state index in [0.717, 1.165) is 6.42 Å². The van der Waals surface area contributed by atoms with Gasteiger partial charge in [-0.15, -0.1) is 0 Å². The van der Waals surface area contributed by atoms with Crippen molar-refractivity contribution in [2.24, 2.45) is 5.14 Å². The van der Waals surface area contributed by atoms with Gasteiger partial charge >= 0.3 is 0 Å². The molecule has 0 amide bonds. The van der Waals surface area contributed by atoms with E-state index >= 15 is 0 Å². The molecule has 0 aliphatic heterocycles. The van der Waals surface area contributed by atoms with Gasteiger partial charge in [-0.2, -0.15) is 5.26 Å². The molecule has 0 saturated carbocycles. The molecule has 0 fully saturated rings. The number of rotatable bonds is 6. The molecule has 0 heterocycles. The van der Waals surface area contributed by atoms with E-state index in [0.29, 0.717) is 29.5 Å². The lowest BCUT2D eigenvalue weighted by molar-refractivity contribution is 0.298. The molecule has 0 bridgehead atoms. The lowest BCUT2D eigenvalue weighted by Crippen LogP contribution is -2.15. The highest BCUT2D eigenvalue weighted by Crippen LogP contribution is 2.31. The van der Waals surface area contributed by atoms with Gasteiger partial charge in [-0.05, 0) is 37.5 Å². The maximum atomic E-state index is 11.5. The maximum Gasteiger partial charge on any atom is 0.241 e. The minimum absolute atomic E-state index is 0.0281. The second-order valence-corrected chi connectivity index (χ2v) is 6.50. The first kappa shape index (κ1) is 16.0. The molecule has 5 nitrogen and oxygen atoms in total. The molecule has 0 atom stereocenters. The van der Waals surface area contributed by atoms with Crippen molar-refractivity contribution < 1.29 is 13.2 Å². The van der Waals surface area contributed by atoms with Crippen LogP contribution in [0.3, 0.4) is 0 Å². The van der Waals surface area contributed by atoms with E-state index in [-0.39, 0.29) is 10.6 Å². The van der Waals surface area contributed by atoms with Gasteiger partial charge in [0.05, 0.1) is 12.7 Å². The number of halogens is 1. The molecule has 2 N–H and O–H groups in total. The van der Waals surface area contributed by atoms with Crippen molar-refractivity contribution >= 4 is 26.0 Å². The molecule has 0 spiro atoms. The number of hydrogen-bond acceptors (Lipinski definition) is 4. The van der Waals surface area contributed by atoms with Crippen molar-refractivity contribution in [1.29, 1.82) is 5.26 Å². The minimum atomic E-state index is -3.83. The van der Waals surface area contributed by atoms with E-state index < -0.39 is 10.0 Å². The Hall–Kier alpha value is -1.10. The highest BCUT2D eigenvalue weighted by atomic mass is 79.9. The Balaban J connectivity index is 2.91. The molecule has 7 heteroatoms. The molecule has 1 aromatic rings. The van der Waals surface area contributed by atoms with Crippen LogP contribution in [0, 0.1) is 18.3 Å². The standard InChI is InChI=1S/C12H15BrN2O3S/c1-9-7-10(13)8-11(19(15,16)17)12(9)18-6-4-2-3-5-14/h7-8H,2-4,6H2,1H3,(H2,15,16,17). The topological polar surface area (TPSA) is 93.2 Å². The Morgan fingerprint density at radius 1 is 1.42 bits per heavy atom. The molecule has 0 aromatic heterocycles.